The molecular formula is C15H22ClFN2O. The standard InChI is InChI=1S/C15H22ClFN2O/c1-10-5-7-15(20-2,8-6-10)14(19-18)12-4-3-11(16)9-13(12)17/h3-4,9-10,14,19H,5-8,18H2,1-2H3. The maximum atomic E-state index is 14.2. The van der Waals surface area contributed by atoms with Crippen LogP contribution < -0.4 is 11.3 Å². The van der Waals surface area contributed by atoms with Gasteiger partial charge in [0.25, 0.3) is 0 Å². The third-order valence-electron chi connectivity index (χ3n) is 4.49. The van der Waals surface area contributed by atoms with E-state index < -0.39 is 5.60 Å². The first-order chi connectivity index (χ1) is 9.52. The molecule has 1 saturated carbocycles. The van der Waals surface area contributed by atoms with E-state index in [2.05, 4.69) is 12.3 Å². The van der Waals surface area contributed by atoms with Crippen molar-refractivity contribution in [1.82, 2.24) is 5.43 Å². The van der Waals surface area contributed by atoms with Gasteiger partial charge >= 0.3 is 0 Å². The van der Waals surface area contributed by atoms with Crippen molar-refractivity contribution in [3.63, 3.8) is 0 Å². The highest BCUT2D eigenvalue weighted by atomic mass is 35.5. The first-order valence-corrected chi connectivity index (χ1v) is 7.36. The molecule has 0 spiro atoms. The highest BCUT2D eigenvalue weighted by molar-refractivity contribution is 6.30. The average molecular weight is 301 g/mol. The molecule has 2 rings (SSSR count). The molecular weight excluding hydrogens is 279 g/mol. The number of ether oxygens (including phenoxy) is 1. The van der Waals surface area contributed by atoms with Crippen LogP contribution in [-0.2, 0) is 4.74 Å². The van der Waals surface area contributed by atoms with Gasteiger partial charge in [-0.25, -0.2) is 9.82 Å². The summed E-state index contributed by atoms with van der Waals surface area (Å²) in [6.45, 7) is 2.23. The molecule has 20 heavy (non-hydrogen) atoms. The number of nitrogens with two attached hydrogens (primary N) is 1. The zero-order valence-corrected chi connectivity index (χ0v) is 12.7. The Balaban J connectivity index is 2.34. The van der Waals surface area contributed by atoms with Crippen molar-refractivity contribution < 1.29 is 9.13 Å². The molecule has 3 nitrogen and oxygen atoms in total. The number of hydrogen-bond donors (Lipinski definition) is 2. The summed E-state index contributed by atoms with van der Waals surface area (Å²) in [5.74, 6) is 6.03. The molecule has 1 fully saturated rings. The fourth-order valence-corrected chi connectivity index (χ4v) is 3.28. The Kier molecular flexibility index (Phi) is 5.02. The lowest BCUT2D eigenvalue weighted by Crippen LogP contribution is -2.50. The molecule has 0 radical (unpaired) electrons. The molecule has 0 aliphatic heterocycles. The quantitative estimate of drug-likeness (QED) is 0.660. The Morgan fingerprint density at radius 1 is 1.45 bits per heavy atom. The highest BCUT2D eigenvalue weighted by Crippen LogP contribution is 2.43. The summed E-state index contributed by atoms with van der Waals surface area (Å²) in [5, 5.41) is 0.380. The van der Waals surface area contributed by atoms with Crippen molar-refractivity contribution in [3.05, 3.63) is 34.6 Å². The topological polar surface area (TPSA) is 47.3 Å². The molecule has 0 saturated heterocycles. The minimum Gasteiger partial charge on any atom is -0.376 e. The largest absolute Gasteiger partial charge is 0.376 e. The molecule has 1 unspecified atom stereocenters. The number of hydrogen-bond acceptors (Lipinski definition) is 3. The van der Waals surface area contributed by atoms with Gasteiger partial charge in [0.05, 0.1) is 11.6 Å². The monoisotopic (exact) mass is 300 g/mol. The van der Waals surface area contributed by atoms with Crippen LogP contribution in [0.1, 0.15) is 44.2 Å². The van der Waals surface area contributed by atoms with Crippen LogP contribution in [0.5, 0.6) is 0 Å². The van der Waals surface area contributed by atoms with Gasteiger partial charge < -0.3 is 4.74 Å². The summed E-state index contributed by atoms with van der Waals surface area (Å²) in [5.41, 5.74) is 2.79. The molecule has 1 aromatic carbocycles. The van der Waals surface area contributed by atoms with Crippen LogP contribution in [0.25, 0.3) is 0 Å². The third kappa shape index (κ3) is 2.98. The van der Waals surface area contributed by atoms with Gasteiger partial charge in [-0.3, -0.25) is 5.84 Å². The Bertz CT molecular complexity index is 461. The van der Waals surface area contributed by atoms with Crippen molar-refractivity contribution in [2.24, 2.45) is 11.8 Å². The average Bonchev–Trinajstić information content (AvgIpc) is 2.44. The van der Waals surface area contributed by atoms with E-state index in [0.717, 1.165) is 25.7 Å². The zero-order chi connectivity index (χ0) is 14.8. The molecule has 112 valence electrons. The van der Waals surface area contributed by atoms with Crippen molar-refractivity contribution >= 4 is 11.6 Å². The Hall–Kier alpha value is -0.680. The van der Waals surface area contributed by atoms with Crippen LogP contribution in [0.4, 0.5) is 4.39 Å². The lowest BCUT2D eigenvalue weighted by atomic mass is 9.73. The van der Waals surface area contributed by atoms with Crippen molar-refractivity contribution in [1.29, 1.82) is 0 Å². The predicted molar refractivity (Wildman–Crippen MR) is 78.8 cm³/mol. The second-order valence-electron chi connectivity index (χ2n) is 5.72. The highest BCUT2D eigenvalue weighted by Gasteiger charge is 2.42. The molecule has 0 amide bonds. The number of nitrogens with one attached hydrogen (secondary N) is 1. The van der Waals surface area contributed by atoms with Crippen LogP contribution in [0.3, 0.4) is 0 Å². The molecule has 3 N–H and O–H groups in total. The summed E-state index contributed by atoms with van der Waals surface area (Å²) in [7, 11) is 1.67. The number of benzene rings is 1. The molecule has 1 aliphatic carbocycles. The van der Waals surface area contributed by atoms with Gasteiger partial charge in [-0.05, 0) is 43.7 Å². The molecule has 1 atom stereocenters. The van der Waals surface area contributed by atoms with E-state index in [1.165, 1.54) is 6.07 Å². The Morgan fingerprint density at radius 3 is 2.60 bits per heavy atom. The van der Waals surface area contributed by atoms with E-state index in [9.17, 15) is 4.39 Å². The number of rotatable bonds is 4. The lowest BCUT2D eigenvalue weighted by molar-refractivity contribution is -0.0768. The van der Waals surface area contributed by atoms with Crippen molar-refractivity contribution in [2.45, 2.75) is 44.2 Å². The lowest BCUT2D eigenvalue weighted by Gasteiger charge is -2.44. The number of methoxy groups -OCH3 is 1. The molecule has 1 aliphatic rings. The van der Waals surface area contributed by atoms with E-state index in [1.807, 2.05) is 0 Å². The fourth-order valence-electron chi connectivity index (χ4n) is 3.12. The van der Waals surface area contributed by atoms with Crippen LogP contribution >= 0.6 is 11.6 Å². The zero-order valence-electron chi connectivity index (χ0n) is 12.0. The smallest absolute Gasteiger partial charge is 0.129 e. The molecule has 1 aromatic rings. The van der Waals surface area contributed by atoms with Gasteiger partial charge in [0.1, 0.15) is 5.82 Å². The van der Waals surface area contributed by atoms with Gasteiger partial charge in [-0.2, -0.15) is 0 Å². The normalized spacial score (nSPS) is 28.4. The SMILES string of the molecule is COC1(C(NN)c2ccc(Cl)cc2F)CCC(C)CC1. The fraction of sp³-hybridized carbons (Fsp3) is 0.600. The molecule has 5 heteroatoms. The van der Waals surface area contributed by atoms with Gasteiger partial charge in [-0.15, -0.1) is 0 Å². The van der Waals surface area contributed by atoms with Crippen molar-refractivity contribution in [2.75, 3.05) is 7.11 Å². The first kappa shape index (κ1) is 15.7. The first-order valence-electron chi connectivity index (χ1n) is 6.98. The maximum Gasteiger partial charge on any atom is 0.129 e. The van der Waals surface area contributed by atoms with E-state index in [4.69, 9.17) is 22.2 Å². The van der Waals surface area contributed by atoms with Gasteiger partial charge in [0, 0.05) is 17.7 Å². The third-order valence-corrected chi connectivity index (χ3v) is 4.73. The van der Waals surface area contributed by atoms with Crippen LogP contribution in [-0.4, -0.2) is 12.7 Å². The summed E-state index contributed by atoms with van der Waals surface area (Å²) >= 11 is 5.82. The van der Waals surface area contributed by atoms with Crippen molar-refractivity contribution in [3.8, 4) is 0 Å². The summed E-state index contributed by atoms with van der Waals surface area (Å²) in [6, 6.07) is 4.30. The van der Waals surface area contributed by atoms with E-state index in [1.54, 1.807) is 19.2 Å². The van der Waals surface area contributed by atoms with Gasteiger partial charge in [-0.1, -0.05) is 24.6 Å². The number of halogens is 2. The van der Waals surface area contributed by atoms with E-state index >= 15 is 0 Å². The van der Waals surface area contributed by atoms with E-state index in [0.29, 0.717) is 16.5 Å². The second kappa shape index (κ2) is 6.39. The minimum absolute atomic E-state index is 0.351. The number of hydrazine groups is 1. The molecule has 0 aromatic heterocycles. The Labute approximate surface area is 124 Å². The van der Waals surface area contributed by atoms with Crippen LogP contribution in [0, 0.1) is 11.7 Å². The Morgan fingerprint density at radius 2 is 2.10 bits per heavy atom. The van der Waals surface area contributed by atoms with Gasteiger partial charge in [0.15, 0.2) is 0 Å². The summed E-state index contributed by atoms with van der Waals surface area (Å²) in [6.07, 6.45) is 3.84. The second-order valence-corrected chi connectivity index (χ2v) is 6.15. The molecule has 0 heterocycles. The van der Waals surface area contributed by atoms with Crippen LogP contribution in [0.15, 0.2) is 18.2 Å². The summed E-state index contributed by atoms with van der Waals surface area (Å²) < 4.78 is 20.0. The minimum atomic E-state index is -0.462. The maximum absolute atomic E-state index is 14.2. The van der Waals surface area contributed by atoms with Crippen LogP contribution in [0.2, 0.25) is 5.02 Å². The molecule has 0 bridgehead atoms. The van der Waals surface area contributed by atoms with Gasteiger partial charge in [0.2, 0.25) is 0 Å². The van der Waals surface area contributed by atoms with E-state index in [-0.39, 0.29) is 11.9 Å². The summed E-state index contributed by atoms with van der Waals surface area (Å²) in [4.78, 5) is 0. The predicted octanol–water partition coefficient (Wildman–Crippen LogP) is 3.58.